The Balaban J connectivity index is 0.00000128. The summed E-state index contributed by atoms with van der Waals surface area (Å²) in [5.41, 5.74) is 0. The topological polar surface area (TPSA) is 0 Å². The van der Waals surface area contributed by atoms with E-state index in [0.717, 1.165) is 23.5 Å². The van der Waals surface area contributed by atoms with Gasteiger partial charge >= 0.3 is 18.9 Å². The van der Waals surface area contributed by atoms with E-state index in [0.29, 0.717) is 0 Å². The van der Waals surface area contributed by atoms with Gasteiger partial charge in [0.25, 0.3) is 0 Å². The molecule has 0 aliphatic heterocycles. The van der Waals surface area contributed by atoms with Gasteiger partial charge in [-0.2, -0.15) is 0 Å². The maximum atomic E-state index is 2.76. The monoisotopic (exact) mass is 212 g/mol. The van der Waals surface area contributed by atoms with Gasteiger partial charge in [0.05, 0.1) is 0 Å². The number of hydrogen-bond acceptors (Lipinski definition) is 0. The van der Waals surface area contributed by atoms with Crippen molar-refractivity contribution in [3.05, 3.63) is 0 Å². The zero-order valence-electron chi connectivity index (χ0n) is 11.5. The zero-order valence-corrected chi connectivity index (χ0v) is 11.5. The molecule has 0 nitrogen and oxygen atoms in total. The maximum absolute atomic E-state index is 2.76. The zero-order chi connectivity index (χ0) is 10.7. The van der Waals surface area contributed by atoms with Crippen LogP contribution in [0.3, 0.4) is 0 Å². The molecule has 0 heterocycles. The summed E-state index contributed by atoms with van der Waals surface area (Å²) in [5.74, 6) is 3.83. The van der Waals surface area contributed by atoms with Crippen molar-refractivity contribution < 1.29 is 18.9 Å². The molecule has 2 saturated carbocycles. The molecule has 0 aromatic heterocycles. The summed E-state index contributed by atoms with van der Waals surface area (Å²) in [6, 6.07) is 0. The van der Waals surface area contributed by atoms with Gasteiger partial charge < -0.3 is 7.28 Å². The van der Waals surface area contributed by atoms with Crippen LogP contribution in [0.4, 0.5) is 0 Å². The van der Waals surface area contributed by atoms with Gasteiger partial charge in [-0.15, -0.1) is 0 Å². The second-order valence-electron chi connectivity index (χ2n) is 6.04. The van der Waals surface area contributed by atoms with E-state index in [2.05, 4.69) is 21.1 Å². The average Bonchev–Trinajstić information content (AvgIpc) is 2.24. The Morgan fingerprint density at radius 2 is 1.06 bits per heavy atom. The van der Waals surface area contributed by atoms with Crippen LogP contribution in [0.2, 0.25) is 11.6 Å². The molecule has 0 aromatic carbocycles. The molecule has 0 spiro atoms. The molecular formula is C14H26BLi. The summed E-state index contributed by atoms with van der Waals surface area (Å²) in [5, 5.41) is 0. The standard InChI is InChI=1S/C14H26B.Li/c1-11-7-3-5-9-13(11)15-14-10-6-4-8-12(14)2;/h11-14H,3-10H2,1-2H3;/q-1;+1/t11-,12-,13-,14-;/m1./s1. The fourth-order valence-electron chi connectivity index (χ4n) is 3.58. The van der Waals surface area contributed by atoms with Gasteiger partial charge in [-0.1, -0.05) is 77.0 Å². The molecule has 2 aliphatic carbocycles. The average molecular weight is 212 g/mol. The third-order valence-electron chi connectivity index (χ3n) is 4.85. The summed E-state index contributed by atoms with van der Waals surface area (Å²) in [6.07, 6.45) is 11.8. The fraction of sp³-hybridized carbons (Fsp3) is 1.00. The van der Waals surface area contributed by atoms with Crippen LogP contribution in [-0.4, -0.2) is 7.28 Å². The Morgan fingerprint density at radius 3 is 1.44 bits per heavy atom. The van der Waals surface area contributed by atoms with Gasteiger partial charge in [-0.25, -0.2) is 11.6 Å². The SMILES string of the molecule is C[C@@H]1CCCC[C@H]1[B-][C@@H]1CCCC[C@H]1C.[Li+]. The van der Waals surface area contributed by atoms with Gasteiger partial charge in [-0.3, -0.25) is 0 Å². The molecule has 0 unspecified atom stereocenters. The van der Waals surface area contributed by atoms with Crippen LogP contribution in [0.25, 0.3) is 0 Å². The molecule has 0 aromatic rings. The Morgan fingerprint density at radius 1 is 0.688 bits per heavy atom. The maximum Gasteiger partial charge on any atom is 1.00 e. The van der Waals surface area contributed by atoms with Crippen LogP contribution in [0, 0.1) is 11.8 Å². The van der Waals surface area contributed by atoms with Crippen molar-refractivity contribution in [2.24, 2.45) is 11.8 Å². The molecule has 0 bridgehead atoms. The Bertz CT molecular complexity index is 175. The summed E-state index contributed by atoms with van der Waals surface area (Å²) >= 11 is 0. The number of rotatable bonds is 2. The van der Waals surface area contributed by atoms with Crippen molar-refractivity contribution in [2.75, 3.05) is 0 Å². The summed E-state index contributed by atoms with van der Waals surface area (Å²) in [6.45, 7) is 4.93. The van der Waals surface area contributed by atoms with E-state index in [9.17, 15) is 0 Å². The first-order valence-corrected chi connectivity index (χ1v) is 7.12. The Labute approximate surface area is 115 Å². The van der Waals surface area contributed by atoms with E-state index in [1.807, 2.05) is 0 Å². The third-order valence-corrected chi connectivity index (χ3v) is 4.85. The van der Waals surface area contributed by atoms with Crippen molar-refractivity contribution >= 4 is 7.28 Å². The molecule has 2 aliphatic rings. The van der Waals surface area contributed by atoms with Crippen LogP contribution in [-0.2, 0) is 0 Å². The normalized spacial score (nSPS) is 40.1. The molecule has 2 radical (unpaired) electrons. The van der Waals surface area contributed by atoms with E-state index in [-0.39, 0.29) is 18.9 Å². The van der Waals surface area contributed by atoms with Crippen LogP contribution in [0.15, 0.2) is 0 Å². The first-order chi connectivity index (χ1) is 7.27. The van der Waals surface area contributed by atoms with Gasteiger partial charge in [0.2, 0.25) is 0 Å². The quantitative estimate of drug-likeness (QED) is 0.611. The summed E-state index contributed by atoms with van der Waals surface area (Å²) in [4.78, 5) is 0. The number of hydrogen-bond donors (Lipinski definition) is 0. The largest absolute Gasteiger partial charge is 1.00 e. The fourth-order valence-corrected chi connectivity index (χ4v) is 3.58. The second kappa shape index (κ2) is 7.18. The molecule has 0 N–H and O–H groups in total. The molecule has 16 heavy (non-hydrogen) atoms. The van der Waals surface area contributed by atoms with E-state index in [1.165, 1.54) is 51.4 Å². The molecule has 0 amide bonds. The minimum atomic E-state index is 0. The summed E-state index contributed by atoms with van der Waals surface area (Å²) < 4.78 is 0. The van der Waals surface area contributed by atoms with Crippen LogP contribution >= 0.6 is 0 Å². The minimum Gasteiger partial charge on any atom is -0.327 e. The van der Waals surface area contributed by atoms with Crippen molar-refractivity contribution in [3.63, 3.8) is 0 Å². The van der Waals surface area contributed by atoms with Crippen molar-refractivity contribution in [1.82, 2.24) is 0 Å². The first kappa shape index (κ1) is 14.7. The van der Waals surface area contributed by atoms with Crippen LogP contribution < -0.4 is 18.9 Å². The first-order valence-electron chi connectivity index (χ1n) is 7.12. The van der Waals surface area contributed by atoms with E-state index in [4.69, 9.17) is 0 Å². The Hall–Kier alpha value is 0.662. The molecule has 2 rings (SSSR count). The van der Waals surface area contributed by atoms with Crippen molar-refractivity contribution in [2.45, 2.75) is 76.8 Å². The smallest absolute Gasteiger partial charge is 0.327 e. The van der Waals surface area contributed by atoms with E-state index < -0.39 is 0 Å². The molecule has 2 heteroatoms. The van der Waals surface area contributed by atoms with Crippen molar-refractivity contribution in [3.8, 4) is 0 Å². The predicted octanol–water partition coefficient (Wildman–Crippen LogP) is 1.69. The van der Waals surface area contributed by atoms with Gasteiger partial charge in [-0.05, 0) is 0 Å². The minimum absolute atomic E-state index is 0. The molecule has 0 saturated heterocycles. The van der Waals surface area contributed by atoms with Gasteiger partial charge in [0, 0.05) is 0 Å². The predicted molar refractivity (Wildman–Crippen MR) is 68.5 cm³/mol. The summed E-state index contributed by atoms with van der Waals surface area (Å²) in [7, 11) is 2.76. The molecule has 86 valence electrons. The molecule has 2 fully saturated rings. The van der Waals surface area contributed by atoms with Crippen molar-refractivity contribution in [1.29, 1.82) is 0 Å². The Kier molecular flexibility index (Phi) is 6.60. The van der Waals surface area contributed by atoms with Gasteiger partial charge in [0.1, 0.15) is 0 Å². The van der Waals surface area contributed by atoms with Gasteiger partial charge in [0.15, 0.2) is 0 Å². The molecule has 4 atom stereocenters. The third kappa shape index (κ3) is 3.85. The van der Waals surface area contributed by atoms with E-state index >= 15 is 0 Å². The van der Waals surface area contributed by atoms with Crippen LogP contribution in [0.1, 0.15) is 65.2 Å². The molecular weight excluding hydrogens is 186 g/mol. The second-order valence-corrected chi connectivity index (χ2v) is 6.04. The van der Waals surface area contributed by atoms with E-state index in [1.54, 1.807) is 0 Å². The van der Waals surface area contributed by atoms with Crippen LogP contribution in [0.5, 0.6) is 0 Å².